The Hall–Kier alpha value is -5.57. The summed E-state index contributed by atoms with van der Waals surface area (Å²) in [5, 5.41) is 3.50. The van der Waals surface area contributed by atoms with E-state index in [0.717, 1.165) is 40.7 Å². The molecule has 0 spiro atoms. The van der Waals surface area contributed by atoms with Gasteiger partial charge in [0.1, 0.15) is 17.2 Å². The van der Waals surface area contributed by atoms with Crippen LogP contribution in [-0.4, -0.2) is 70.1 Å². The highest BCUT2D eigenvalue weighted by Gasteiger charge is 2.31. The summed E-state index contributed by atoms with van der Waals surface area (Å²) in [6.45, 7) is 3.25. The second-order valence-electron chi connectivity index (χ2n) is 12.4. The van der Waals surface area contributed by atoms with E-state index in [9.17, 15) is 35.9 Å². The Balaban J connectivity index is 1.04. The van der Waals surface area contributed by atoms with Crippen LogP contribution in [-0.2, 0) is 19.8 Å². The van der Waals surface area contributed by atoms with E-state index in [1.165, 1.54) is 18.3 Å². The van der Waals surface area contributed by atoms with Gasteiger partial charge in [-0.25, -0.2) is 4.98 Å². The molecular weight excluding hydrogens is 692 g/mol. The molecule has 0 aliphatic carbocycles. The Morgan fingerprint density at radius 1 is 0.846 bits per heavy atom. The number of aryl methyl sites for hydroxylation is 2. The molecule has 0 bridgehead atoms. The number of halogens is 6. The van der Waals surface area contributed by atoms with Gasteiger partial charge in [-0.1, -0.05) is 12.1 Å². The van der Waals surface area contributed by atoms with Gasteiger partial charge in [0.2, 0.25) is 5.88 Å². The molecule has 1 aliphatic heterocycles. The maximum atomic E-state index is 13.6. The molecule has 52 heavy (non-hydrogen) atoms. The van der Waals surface area contributed by atoms with Gasteiger partial charge in [0.15, 0.2) is 6.61 Å². The van der Waals surface area contributed by atoms with Crippen molar-refractivity contribution in [3.8, 4) is 17.4 Å². The first-order chi connectivity index (χ1) is 24.6. The summed E-state index contributed by atoms with van der Waals surface area (Å²) in [4.78, 5) is 34.4. The lowest BCUT2D eigenvalue weighted by atomic mass is 10.1. The molecule has 2 amide bonds. The van der Waals surface area contributed by atoms with Gasteiger partial charge in [-0.2, -0.15) is 26.3 Å². The van der Waals surface area contributed by atoms with E-state index < -0.39 is 30.4 Å². The second kappa shape index (κ2) is 14.6. The number of rotatable bonds is 9. The molecule has 1 N–H and O–H groups in total. The highest BCUT2D eigenvalue weighted by atomic mass is 19.4. The molecule has 0 saturated carbocycles. The van der Waals surface area contributed by atoms with Crippen molar-refractivity contribution in [3.63, 3.8) is 0 Å². The number of pyridine rings is 1. The van der Waals surface area contributed by atoms with Crippen molar-refractivity contribution in [2.45, 2.75) is 25.8 Å². The third kappa shape index (κ3) is 8.65. The van der Waals surface area contributed by atoms with Crippen molar-refractivity contribution in [2.75, 3.05) is 38.1 Å². The largest absolute Gasteiger partial charge is 0.484 e. The summed E-state index contributed by atoms with van der Waals surface area (Å²) in [5.41, 5.74) is 2.40. The van der Waals surface area contributed by atoms with Crippen molar-refractivity contribution in [1.29, 1.82) is 0 Å². The van der Waals surface area contributed by atoms with Crippen molar-refractivity contribution >= 4 is 28.4 Å². The molecule has 3 heterocycles. The predicted octanol–water partition coefficient (Wildman–Crippen LogP) is 7.84. The highest BCUT2D eigenvalue weighted by Crippen LogP contribution is 2.31. The molecule has 0 radical (unpaired) electrons. The minimum Gasteiger partial charge on any atom is -0.484 e. The zero-order valence-corrected chi connectivity index (χ0v) is 28.0. The van der Waals surface area contributed by atoms with E-state index in [0.29, 0.717) is 55.4 Å². The monoisotopic (exact) mass is 725 g/mol. The zero-order valence-electron chi connectivity index (χ0n) is 28.0. The molecule has 6 rings (SSSR count). The van der Waals surface area contributed by atoms with E-state index in [1.54, 1.807) is 53.8 Å². The van der Waals surface area contributed by atoms with Gasteiger partial charge in [0.25, 0.3) is 11.8 Å². The smallest absolute Gasteiger partial charge is 0.422 e. The number of piperazine rings is 1. The van der Waals surface area contributed by atoms with Crippen molar-refractivity contribution in [2.24, 2.45) is 7.05 Å². The molecule has 0 unspecified atom stereocenters. The fourth-order valence-corrected chi connectivity index (χ4v) is 5.81. The zero-order chi connectivity index (χ0) is 37.2. The highest BCUT2D eigenvalue weighted by molar-refractivity contribution is 6.04. The summed E-state index contributed by atoms with van der Waals surface area (Å²) in [6, 6.07) is 19.2. The van der Waals surface area contributed by atoms with Crippen molar-refractivity contribution in [1.82, 2.24) is 19.4 Å². The molecule has 1 fully saturated rings. The van der Waals surface area contributed by atoms with Crippen LogP contribution in [0, 0.1) is 6.92 Å². The van der Waals surface area contributed by atoms with Crippen LogP contribution in [0.5, 0.6) is 17.4 Å². The Kier molecular flexibility index (Phi) is 10.2. The summed E-state index contributed by atoms with van der Waals surface area (Å²) < 4.78 is 88.4. The number of carbonyl (C=O) groups is 2. The van der Waals surface area contributed by atoms with E-state index in [2.05, 4.69) is 15.2 Å². The number of nitrogens with one attached hydrogen (secondary N) is 1. The van der Waals surface area contributed by atoms with E-state index in [4.69, 9.17) is 9.47 Å². The number of amides is 2. The summed E-state index contributed by atoms with van der Waals surface area (Å²) in [6.07, 6.45) is -7.50. The average molecular weight is 726 g/mol. The molecule has 1 saturated heterocycles. The number of alkyl halides is 6. The number of nitrogens with zero attached hydrogens (tertiary/aromatic N) is 4. The van der Waals surface area contributed by atoms with Crippen LogP contribution in [0.3, 0.4) is 0 Å². The van der Waals surface area contributed by atoms with Gasteiger partial charge < -0.3 is 24.3 Å². The molecule has 5 aromatic rings. The van der Waals surface area contributed by atoms with Crippen LogP contribution in [0.2, 0.25) is 0 Å². The summed E-state index contributed by atoms with van der Waals surface area (Å²) in [5.74, 6) is 0.168. The standard InChI is InChI=1S/C37H33F6N5O4/c1-23-17-33(44-20-30(23)45-34(49)25-5-8-27(9-6-25)37(41,42)43)52-29-12-7-26-18-32(46(2)31(26)19-29)35(50)48-15-13-47(14-16-48)21-24-3-10-28(11-4-24)51-22-36(38,39)40/h3-12,17-20H,13-16,21-22H2,1-2H3,(H,45,49). The quantitative estimate of drug-likeness (QED) is 0.156. The van der Waals surface area contributed by atoms with E-state index in [1.807, 2.05) is 12.1 Å². The van der Waals surface area contributed by atoms with Crippen molar-refractivity contribution < 1.29 is 45.4 Å². The normalized spacial score (nSPS) is 14.0. The molecular formula is C37H33F6N5O4. The number of hydrogen-bond acceptors (Lipinski definition) is 6. The number of anilines is 1. The molecule has 2 aromatic heterocycles. The number of ether oxygens (including phenoxy) is 2. The first-order valence-electron chi connectivity index (χ1n) is 16.2. The third-order valence-corrected chi connectivity index (χ3v) is 8.66. The minimum atomic E-state index is -4.50. The van der Waals surface area contributed by atoms with E-state index >= 15 is 0 Å². The first kappa shape index (κ1) is 36.2. The average Bonchev–Trinajstić information content (AvgIpc) is 3.43. The first-order valence-corrected chi connectivity index (χ1v) is 16.2. The summed E-state index contributed by atoms with van der Waals surface area (Å²) in [7, 11) is 1.80. The van der Waals surface area contributed by atoms with Crippen LogP contribution in [0.4, 0.5) is 32.0 Å². The van der Waals surface area contributed by atoms with E-state index in [-0.39, 0.29) is 23.1 Å². The van der Waals surface area contributed by atoms with Crippen LogP contribution < -0.4 is 14.8 Å². The minimum absolute atomic E-state index is 0.0619. The topological polar surface area (TPSA) is 88.9 Å². The Morgan fingerprint density at radius 2 is 1.52 bits per heavy atom. The Bertz CT molecular complexity index is 2070. The maximum Gasteiger partial charge on any atom is 0.422 e. The van der Waals surface area contributed by atoms with Gasteiger partial charge >= 0.3 is 12.4 Å². The molecule has 9 nitrogen and oxygen atoms in total. The fourth-order valence-electron chi connectivity index (χ4n) is 5.81. The molecule has 15 heteroatoms. The van der Waals surface area contributed by atoms with Gasteiger partial charge in [0.05, 0.1) is 23.0 Å². The second-order valence-corrected chi connectivity index (χ2v) is 12.4. The molecule has 272 valence electrons. The maximum absolute atomic E-state index is 13.6. The number of carbonyl (C=O) groups excluding carboxylic acids is 2. The lowest BCUT2D eigenvalue weighted by Crippen LogP contribution is -2.48. The van der Waals surface area contributed by atoms with Gasteiger partial charge in [-0.15, -0.1) is 0 Å². The van der Waals surface area contributed by atoms with Crippen LogP contribution in [0.25, 0.3) is 10.9 Å². The fraction of sp³-hybridized carbons (Fsp3) is 0.270. The van der Waals surface area contributed by atoms with Gasteiger partial charge in [-0.3, -0.25) is 14.5 Å². The number of fused-ring (bicyclic) bond motifs is 1. The van der Waals surface area contributed by atoms with Crippen LogP contribution in [0.15, 0.2) is 85.1 Å². The lowest BCUT2D eigenvalue weighted by molar-refractivity contribution is -0.153. The van der Waals surface area contributed by atoms with Gasteiger partial charge in [0, 0.05) is 62.9 Å². The van der Waals surface area contributed by atoms with Crippen LogP contribution in [0.1, 0.15) is 37.5 Å². The predicted molar refractivity (Wildman–Crippen MR) is 181 cm³/mol. The van der Waals surface area contributed by atoms with Crippen LogP contribution >= 0.6 is 0 Å². The third-order valence-electron chi connectivity index (χ3n) is 8.66. The molecule has 3 aromatic carbocycles. The number of hydrogen-bond donors (Lipinski definition) is 1. The number of aromatic nitrogens is 2. The number of benzene rings is 3. The SMILES string of the molecule is Cc1cc(Oc2ccc3cc(C(=O)N4CCN(Cc5ccc(OCC(F)(F)F)cc5)CC4)n(C)c3c2)ncc1NC(=O)c1ccc(C(F)(F)F)cc1. The molecule has 0 atom stereocenters. The van der Waals surface area contributed by atoms with Crippen molar-refractivity contribution in [3.05, 3.63) is 113 Å². The Labute approximate surface area is 294 Å². The van der Waals surface area contributed by atoms with Gasteiger partial charge in [-0.05, 0) is 72.6 Å². The lowest BCUT2D eigenvalue weighted by Gasteiger charge is -2.34. The molecule has 1 aliphatic rings. The Morgan fingerprint density at radius 3 is 2.15 bits per heavy atom. The summed E-state index contributed by atoms with van der Waals surface area (Å²) >= 11 is 0.